The van der Waals surface area contributed by atoms with Crippen LogP contribution in [0.4, 0.5) is 0 Å². The Balaban J connectivity index is 1.38. The number of aliphatic hydroxyl groups excluding tert-OH is 1. The number of carbonyl (C=O) groups excluding carboxylic acids is 1. The van der Waals surface area contributed by atoms with Crippen LogP contribution in [0.15, 0.2) is 126 Å². The molecule has 4 aromatic carbocycles. The SMILES string of the molecule is O=C(OC[C@H]1O[C@@H](Sc2ccccc2)[C@H](OCc2ccccc2)[C@@H](OCc2ccccc2)[C@H]1O)c1ccccc1. The van der Waals surface area contributed by atoms with Gasteiger partial charge in [-0.05, 0) is 35.4 Å². The van der Waals surface area contributed by atoms with Gasteiger partial charge in [-0.2, -0.15) is 0 Å². The van der Waals surface area contributed by atoms with Crippen LogP contribution in [-0.4, -0.2) is 47.5 Å². The fourth-order valence-corrected chi connectivity index (χ4v) is 5.62. The average Bonchev–Trinajstić information content (AvgIpc) is 3.01. The lowest BCUT2D eigenvalue weighted by atomic mass is 9.99. The molecule has 6 nitrogen and oxygen atoms in total. The summed E-state index contributed by atoms with van der Waals surface area (Å²) in [5, 5.41) is 11.5. The number of benzene rings is 4. The minimum absolute atomic E-state index is 0.128. The molecule has 0 radical (unpaired) electrons. The molecule has 0 aromatic heterocycles. The van der Waals surface area contributed by atoms with Crippen LogP contribution >= 0.6 is 11.8 Å². The molecule has 206 valence electrons. The van der Waals surface area contributed by atoms with E-state index in [1.165, 1.54) is 11.8 Å². The summed E-state index contributed by atoms with van der Waals surface area (Å²) in [6.07, 6.45) is -3.25. The van der Waals surface area contributed by atoms with E-state index in [4.69, 9.17) is 18.9 Å². The molecule has 0 amide bonds. The van der Waals surface area contributed by atoms with Crippen molar-refractivity contribution in [3.8, 4) is 0 Å². The highest BCUT2D eigenvalue weighted by atomic mass is 32.2. The van der Waals surface area contributed by atoms with Crippen molar-refractivity contribution in [1.29, 1.82) is 0 Å². The van der Waals surface area contributed by atoms with E-state index < -0.39 is 35.8 Å². The Hall–Kier alpha value is -3.46. The summed E-state index contributed by atoms with van der Waals surface area (Å²) in [5.41, 5.74) is 1.88. The van der Waals surface area contributed by atoms with Gasteiger partial charge in [-0.15, -0.1) is 0 Å². The third kappa shape index (κ3) is 7.59. The molecule has 1 N–H and O–H groups in total. The maximum Gasteiger partial charge on any atom is 0.338 e. The Morgan fingerprint density at radius 1 is 0.700 bits per heavy atom. The van der Waals surface area contributed by atoms with E-state index in [1.807, 2.05) is 97.1 Å². The van der Waals surface area contributed by atoms with Crippen LogP contribution in [0, 0.1) is 0 Å². The zero-order valence-corrected chi connectivity index (χ0v) is 22.8. The number of esters is 1. The maximum absolute atomic E-state index is 12.7. The quantitative estimate of drug-likeness (QED) is 0.231. The highest BCUT2D eigenvalue weighted by molar-refractivity contribution is 7.99. The minimum atomic E-state index is -1.10. The molecule has 0 bridgehead atoms. The Labute approximate surface area is 238 Å². The molecule has 0 aliphatic carbocycles. The fraction of sp³-hybridized carbons (Fsp3) is 0.242. The van der Waals surface area contributed by atoms with E-state index >= 15 is 0 Å². The summed E-state index contributed by atoms with van der Waals surface area (Å²) >= 11 is 1.49. The van der Waals surface area contributed by atoms with E-state index in [-0.39, 0.29) is 13.2 Å². The minimum Gasteiger partial charge on any atom is -0.459 e. The molecule has 1 fully saturated rings. The van der Waals surface area contributed by atoms with Crippen molar-refractivity contribution in [3.05, 3.63) is 138 Å². The lowest BCUT2D eigenvalue weighted by Crippen LogP contribution is -2.59. The number of hydrogen-bond donors (Lipinski definition) is 1. The number of rotatable bonds is 11. The summed E-state index contributed by atoms with van der Waals surface area (Å²) < 4.78 is 24.8. The van der Waals surface area contributed by atoms with Gasteiger partial charge in [-0.3, -0.25) is 0 Å². The number of carbonyl (C=O) groups is 1. The first-order valence-electron chi connectivity index (χ1n) is 13.3. The number of aliphatic hydroxyl groups is 1. The standard InChI is InChI=1S/C33H32O6S/c34-29-28(23-38-32(35)26-17-9-3-10-18-26)39-33(40-27-19-11-4-12-20-27)31(37-22-25-15-7-2-8-16-25)30(29)36-21-24-13-5-1-6-14-24/h1-20,28-31,33-34H,21-23H2/t28-,29+,30+,31-,33+/m1/s1. The number of thioether (sulfide) groups is 1. The Kier molecular flexibility index (Phi) is 10.0. The van der Waals surface area contributed by atoms with E-state index in [1.54, 1.807) is 24.3 Å². The lowest BCUT2D eigenvalue weighted by molar-refractivity contribution is -0.237. The van der Waals surface area contributed by atoms with Gasteiger partial charge in [0.05, 0.1) is 18.8 Å². The van der Waals surface area contributed by atoms with Crippen LogP contribution in [0.25, 0.3) is 0 Å². The predicted octanol–water partition coefficient (Wildman–Crippen LogP) is 5.89. The summed E-state index contributed by atoms with van der Waals surface area (Å²) in [6, 6.07) is 38.3. The summed E-state index contributed by atoms with van der Waals surface area (Å²) in [6.45, 7) is 0.483. The zero-order valence-electron chi connectivity index (χ0n) is 22.0. The molecule has 1 saturated heterocycles. The molecule has 40 heavy (non-hydrogen) atoms. The second-order valence-electron chi connectivity index (χ2n) is 9.45. The van der Waals surface area contributed by atoms with Crippen molar-refractivity contribution in [2.45, 2.75) is 48.0 Å². The number of hydrogen-bond acceptors (Lipinski definition) is 7. The molecule has 7 heteroatoms. The van der Waals surface area contributed by atoms with Gasteiger partial charge in [-0.25, -0.2) is 4.79 Å². The van der Waals surface area contributed by atoms with Crippen molar-refractivity contribution < 1.29 is 28.8 Å². The van der Waals surface area contributed by atoms with Crippen molar-refractivity contribution in [2.75, 3.05) is 6.61 Å². The molecule has 0 saturated carbocycles. The van der Waals surface area contributed by atoms with Gasteiger partial charge in [0.1, 0.15) is 36.5 Å². The van der Waals surface area contributed by atoms with Gasteiger partial charge in [-0.1, -0.05) is 109 Å². The molecule has 1 aliphatic rings. The third-order valence-electron chi connectivity index (χ3n) is 6.57. The largest absolute Gasteiger partial charge is 0.459 e. The van der Waals surface area contributed by atoms with Crippen LogP contribution < -0.4 is 0 Å². The normalized spacial score (nSPS) is 22.5. The zero-order chi connectivity index (χ0) is 27.6. The van der Waals surface area contributed by atoms with E-state index in [0.29, 0.717) is 12.2 Å². The van der Waals surface area contributed by atoms with Crippen LogP contribution in [0.2, 0.25) is 0 Å². The van der Waals surface area contributed by atoms with Crippen LogP contribution in [0.1, 0.15) is 21.5 Å². The lowest BCUT2D eigenvalue weighted by Gasteiger charge is -2.44. The van der Waals surface area contributed by atoms with Gasteiger partial charge in [0.15, 0.2) is 0 Å². The Morgan fingerprint density at radius 3 is 1.77 bits per heavy atom. The summed E-state index contributed by atoms with van der Waals surface area (Å²) in [5.74, 6) is -0.479. The molecule has 1 heterocycles. The van der Waals surface area contributed by atoms with Gasteiger partial charge >= 0.3 is 5.97 Å². The molecular weight excluding hydrogens is 524 g/mol. The van der Waals surface area contributed by atoms with Crippen molar-refractivity contribution >= 4 is 17.7 Å². The molecular formula is C33H32O6S. The van der Waals surface area contributed by atoms with E-state index in [2.05, 4.69) is 0 Å². The van der Waals surface area contributed by atoms with Crippen molar-refractivity contribution in [2.24, 2.45) is 0 Å². The topological polar surface area (TPSA) is 74.2 Å². The van der Waals surface area contributed by atoms with Gasteiger partial charge in [0.25, 0.3) is 0 Å². The number of ether oxygens (including phenoxy) is 4. The maximum atomic E-state index is 12.7. The summed E-state index contributed by atoms with van der Waals surface area (Å²) in [4.78, 5) is 13.6. The fourth-order valence-electron chi connectivity index (χ4n) is 4.47. The summed E-state index contributed by atoms with van der Waals surface area (Å²) in [7, 11) is 0. The Morgan fingerprint density at radius 2 is 1.20 bits per heavy atom. The Bertz CT molecular complexity index is 1310. The average molecular weight is 557 g/mol. The van der Waals surface area contributed by atoms with E-state index in [0.717, 1.165) is 16.0 Å². The van der Waals surface area contributed by atoms with Crippen LogP contribution in [0.5, 0.6) is 0 Å². The second kappa shape index (κ2) is 14.3. The highest BCUT2D eigenvalue weighted by Crippen LogP contribution is 2.37. The monoisotopic (exact) mass is 556 g/mol. The smallest absolute Gasteiger partial charge is 0.338 e. The molecule has 5 atom stereocenters. The molecule has 0 spiro atoms. The highest BCUT2D eigenvalue weighted by Gasteiger charge is 2.47. The molecule has 1 aliphatic heterocycles. The third-order valence-corrected chi connectivity index (χ3v) is 7.73. The van der Waals surface area contributed by atoms with Gasteiger partial charge in [0.2, 0.25) is 0 Å². The van der Waals surface area contributed by atoms with Gasteiger partial charge < -0.3 is 24.1 Å². The first-order valence-corrected chi connectivity index (χ1v) is 14.1. The molecule has 0 unspecified atom stereocenters. The first-order chi connectivity index (χ1) is 19.7. The van der Waals surface area contributed by atoms with Crippen LogP contribution in [0.3, 0.4) is 0 Å². The predicted molar refractivity (Wildman–Crippen MR) is 154 cm³/mol. The molecule has 4 aromatic rings. The van der Waals surface area contributed by atoms with E-state index in [9.17, 15) is 9.90 Å². The first kappa shape index (κ1) is 28.1. The van der Waals surface area contributed by atoms with Crippen molar-refractivity contribution in [3.63, 3.8) is 0 Å². The van der Waals surface area contributed by atoms with Gasteiger partial charge in [0, 0.05) is 4.90 Å². The second-order valence-corrected chi connectivity index (χ2v) is 10.6. The molecule has 5 rings (SSSR count). The van der Waals surface area contributed by atoms with Crippen molar-refractivity contribution in [1.82, 2.24) is 0 Å². The van der Waals surface area contributed by atoms with Crippen LogP contribution in [-0.2, 0) is 32.2 Å².